The summed E-state index contributed by atoms with van der Waals surface area (Å²) in [7, 11) is 3.49. The zero-order valence-electron chi connectivity index (χ0n) is 14.9. The van der Waals surface area contributed by atoms with Crippen LogP contribution < -0.4 is 0 Å². The Bertz CT molecular complexity index is 541. The molecular formula is C18H28FN3O2. The van der Waals surface area contributed by atoms with Gasteiger partial charge in [-0.3, -0.25) is 14.6 Å². The number of hydrogen-bond acceptors (Lipinski definition) is 4. The van der Waals surface area contributed by atoms with Gasteiger partial charge in [-0.25, -0.2) is 4.39 Å². The third-order valence-electron chi connectivity index (χ3n) is 4.53. The fourth-order valence-electron chi connectivity index (χ4n) is 3.06. The molecule has 0 bridgehead atoms. The molecule has 0 aromatic heterocycles. The Balaban J connectivity index is 1.79. The van der Waals surface area contributed by atoms with Crippen LogP contribution >= 0.6 is 0 Å². The number of amides is 1. The van der Waals surface area contributed by atoms with E-state index in [9.17, 15) is 9.18 Å². The largest absolute Gasteiger partial charge is 0.383 e. The van der Waals surface area contributed by atoms with Gasteiger partial charge in [-0.1, -0.05) is 12.1 Å². The van der Waals surface area contributed by atoms with Crippen molar-refractivity contribution in [3.05, 3.63) is 35.6 Å². The number of piperazine rings is 1. The minimum atomic E-state index is -0.269. The van der Waals surface area contributed by atoms with Crippen LogP contribution in [0.2, 0.25) is 0 Å². The highest BCUT2D eigenvalue weighted by Gasteiger charge is 2.25. The minimum Gasteiger partial charge on any atom is -0.383 e. The number of likely N-dealkylation sites (N-methyl/N-ethyl adjacent to an activating group) is 1. The summed E-state index contributed by atoms with van der Waals surface area (Å²) < 4.78 is 18.4. The van der Waals surface area contributed by atoms with Crippen molar-refractivity contribution in [3.8, 4) is 0 Å². The lowest BCUT2D eigenvalue weighted by molar-refractivity contribution is -0.132. The summed E-state index contributed by atoms with van der Waals surface area (Å²) in [6, 6.07) is 6.80. The summed E-state index contributed by atoms with van der Waals surface area (Å²) >= 11 is 0. The molecule has 0 aliphatic carbocycles. The monoisotopic (exact) mass is 337 g/mol. The summed E-state index contributed by atoms with van der Waals surface area (Å²) in [5.41, 5.74) is 0.809. The summed E-state index contributed by atoms with van der Waals surface area (Å²) in [5.74, 6) is -0.203. The van der Waals surface area contributed by atoms with E-state index < -0.39 is 0 Å². The average Bonchev–Trinajstić information content (AvgIpc) is 2.54. The Hall–Kier alpha value is -1.50. The quantitative estimate of drug-likeness (QED) is 0.754. The molecule has 24 heavy (non-hydrogen) atoms. The molecule has 1 aliphatic heterocycles. The van der Waals surface area contributed by atoms with Gasteiger partial charge in [0.25, 0.3) is 0 Å². The van der Waals surface area contributed by atoms with E-state index in [0.29, 0.717) is 19.1 Å². The molecule has 6 heteroatoms. The maximum absolute atomic E-state index is 13.2. The van der Waals surface area contributed by atoms with Gasteiger partial charge >= 0.3 is 0 Å². The molecule has 0 radical (unpaired) electrons. The lowest BCUT2D eigenvalue weighted by Crippen LogP contribution is -2.54. The topological polar surface area (TPSA) is 36.0 Å². The van der Waals surface area contributed by atoms with Gasteiger partial charge in [0, 0.05) is 52.9 Å². The molecule has 1 aromatic rings. The van der Waals surface area contributed by atoms with Crippen LogP contribution in [-0.4, -0.2) is 80.1 Å². The van der Waals surface area contributed by atoms with Crippen LogP contribution in [0.3, 0.4) is 0 Å². The maximum atomic E-state index is 13.2. The molecule has 0 N–H and O–H groups in total. The van der Waals surface area contributed by atoms with Crippen LogP contribution in [0.1, 0.15) is 12.5 Å². The first-order valence-corrected chi connectivity index (χ1v) is 8.43. The Morgan fingerprint density at radius 1 is 1.42 bits per heavy atom. The van der Waals surface area contributed by atoms with E-state index in [1.54, 1.807) is 25.1 Å². The van der Waals surface area contributed by atoms with Crippen molar-refractivity contribution >= 4 is 5.91 Å². The van der Waals surface area contributed by atoms with Crippen molar-refractivity contribution in [2.24, 2.45) is 0 Å². The normalized spacial score (nSPS) is 19.4. The second kappa shape index (κ2) is 9.11. The van der Waals surface area contributed by atoms with Crippen molar-refractivity contribution in [2.75, 3.05) is 53.5 Å². The van der Waals surface area contributed by atoms with Crippen molar-refractivity contribution in [1.29, 1.82) is 0 Å². The SMILES string of the molecule is COCCN1CCN(CC(=O)N(C)Cc2cccc(F)c2)C[C@@H]1C. The number of rotatable bonds is 7. The minimum absolute atomic E-state index is 0.0665. The van der Waals surface area contributed by atoms with Crippen LogP contribution in [0.5, 0.6) is 0 Å². The van der Waals surface area contributed by atoms with Crippen LogP contribution in [-0.2, 0) is 16.1 Å². The van der Waals surface area contributed by atoms with E-state index in [0.717, 1.165) is 38.3 Å². The first-order valence-electron chi connectivity index (χ1n) is 8.43. The number of hydrogen-bond donors (Lipinski definition) is 0. The van der Waals surface area contributed by atoms with Crippen molar-refractivity contribution in [3.63, 3.8) is 0 Å². The maximum Gasteiger partial charge on any atom is 0.236 e. The number of benzene rings is 1. The lowest BCUT2D eigenvalue weighted by atomic mass is 10.2. The Morgan fingerprint density at radius 2 is 2.21 bits per heavy atom. The second-order valence-corrected chi connectivity index (χ2v) is 6.49. The van der Waals surface area contributed by atoms with E-state index in [4.69, 9.17) is 4.74 Å². The van der Waals surface area contributed by atoms with E-state index in [2.05, 4.69) is 16.7 Å². The van der Waals surface area contributed by atoms with Gasteiger partial charge in [-0.2, -0.15) is 0 Å². The van der Waals surface area contributed by atoms with Gasteiger partial charge in [0.1, 0.15) is 5.82 Å². The summed E-state index contributed by atoms with van der Waals surface area (Å²) in [5, 5.41) is 0. The summed E-state index contributed by atoms with van der Waals surface area (Å²) in [4.78, 5) is 18.7. The van der Waals surface area contributed by atoms with E-state index in [1.807, 2.05) is 6.07 Å². The number of halogens is 1. The zero-order valence-corrected chi connectivity index (χ0v) is 14.9. The molecule has 1 saturated heterocycles. The van der Waals surface area contributed by atoms with Gasteiger partial charge in [-0.15, -0.1) is 0 Å². The Labute approximate surface area is 144 Å². The first-order chi connectivity index (χ1) is 11.5. The summed E-state index contributed by atoms with van der Waals surface area (Å²) in [6.45, 7) is 7.40. The first kappa shape index (κ1) is 18.8. The molecule has 134 valence electrons. The molecule has 0 saturated carbocycles. The smallest absolute Gasteiger partial charge is 0.236 e. The van der Waals surface area contributed by atoms with Crippen LogP contribution in [0.15, 0.2) is 24.3 Å². The van der Waals surface area contributed by atoms with Gasteiger partial charge in [-0.05, 0) is 24.6 Å². The number of nitrogens with zero attached hydrogens (tertiary/aromatic N) is 3. The molecule has 2 rings (SSSR count). The van der Waals surface area contributed by atoms with Crippen LogP contribution in [0, 0.1) is 5.82 Å². The standard InChI is InChI=1S/C18H28FN3O2/c1-15-12-21(7-8-22(15)9-10-24-3)14-18(23)20(2)13-16-5-4-6-17(19)11-16/h4-6,11,15H,7-10,12-14H2,1-3H3/t15-/m0/s1. The number of methoxy groups -OCH3 is 1. The molecule has 1 aromatic carbocycles. The van der Waals surface area contributed by atoms with Gasteiger partial charge in [0.15, 0.2) is 0 Å². The van der Waals surface area contributed by atoms with Crippen LogP contribution in [0.4, 0.5) is 4.39 Å². The second-order valence-electron chi connectivity index (χ2n) is 6.49. The highest BCUT2D eigenvalue weighted by Crippen LogP contribution is 2.11. The molecule has 1 amide bonds. The molecule has 0 spiro atoms. The third-order valence-corrected chi connectivity index (χ3v) is 4.53. The van der Waals surface area contributed by atoms with Crippen LogP contribution in [0.25, 0.3) is 0 Å². The molecule has 1 fully saturated rings. The highest BCUT2D eigenvalue weighted by atomic mass is 19.1. The molecule has 1 atom stereocenters. The molecule has 0 unspecified atom stereocenters. The van der Waals surface area contributed by atoms with E-state index in [1.165, 1.54) is 12.1 Å². The van der Waals surface area contributed by atoms with Crippen molar-refractivity contribution < 1.29 is 13.9 Å². The number of ether oxygens (including phenoxy) is 1. The Kier molecular flexibility index (Phi) is 7.15. The molecule has 1 heterocycles. The predicted octanol–water partition coefficient (Wildman–Crippen LogP) is 1.44. The van der Waals surface area contributed by atoms with Gasteiger partial charge in [0.2, 0.25) is 5.91 Å². The number of carbonyl (C=O) groups is 1. The Morgan fingerprint density at radius 3 is 2.88 bits per heavy atom. The zero-order chi connectivity index (χ0) is 17.5. The summed E-state index contributed by atoms with van der Waals surface area (Å²) in [6.07, 6.45) is 0. The lowest BCUT2D eigenvalue weighted by Gasteiger charge is -2.39. The fraction of sp³-hybridized carbons (Fsp3) is 0.611. The molecular weight excluding hydrogens is 309 g/mol. The highest BCUT2D eigenvalue weighted by molar-refractivity contribution is 5.78. The molecule has 1 aliphatic rings. The predicted molar refractivity (Wildman–Crippen MR) is 92.2 cm³/mol. The molecule has 5 nitrogen and oxygen atoms in total. The fourth-order valence-corrected chi connectivity index (χ4v) is 3.06. The average molecular weight is 337 g/mol. The third kappa shape index (κ3) is 5.54. The van der Waals surface area contributed by atoms with E-state index in [-0.39, 0.29) is 11.7 Å². The van der Waals surface area contributed by atoms with E-state index >= 15 is 0 Å². The van der Waals surface area contributed by atoms with Gasteiger partial charge in [0.05, 0.1) is 13.2 Å². The van der Waals surface area contributed by atoms with Gasteiger partial charge < -0.3 is 9.64 Å². The van der Waals surface area contributed by atoms with Crippen molar-refractivity contribution in [2.45, 2.75) is 19.5 Å². The van der Waals surface area contributed by atoms with Crippen molar-refractivity contribution in [1.82, 2.24) is 14.7 Å². The number of carbonyl (C=O) groups excluding carboxylic acids is 1.